The molecule has 0 spiro atoms. The molecule has 2 rings (SSSR count). The topological polar surface area (TPSA) is 84.2 Å². The lowest BCUT2D eigenvalue weighted by atomic mass is 10.2. The number of hydrogen-bond donors (Lipinski definition) is 2. The Bertz CT molecular complexity index is 751. The van der Waals surface area contributed by atoms with Crippen LogP contribution >= 0.6 is 11.3 Å². The van der Waals surface area contributed by atoms with Gasteiger partial charge in [-0.15, -0.1) is 11.3 Å². The van der Waals surface area contributed by atoms with E-state index in [9.17, 15) is 19.1 Å². The Hall–Kier alpha value is -2.22. The fourth-order valence-electron chi connectivity index (χ4n) is 1.63. The van der Waals surface area contributed by atoms with Crippen LogP contribution in [-0.2, 0) is 7.05 Å². The minimum absolute atomic E-state index is 0.0471. The average Bonchev–Trinajstić information content (AvgIpc) is 2.79. The summed E-state index contributed by atoms with van der Waals surface area (Å²) in [5.41, 5.74) is -1.45. The van der Waals surface area contributed by atoms with Gasteiger partial charge in [0.1, 0.15) is 5.56 Å². The third-order valence-corrected chi connectivity index (χ3v) is 3.68. The van der Waals surface area contributed by atoms with Crippen LogP contribution < -0.4 is 10.9 Å². The number of amides is 1. The van der Waals surface area contributed by atoms with E-state index in [4.69, 9.17) is 0 Å². The zero-order valence-electron chi connectivity index (χ0n) is 11.0. The largest absolute Gasteiger partial charge is 0.504 e. The highest BCUT2D eigenvalue weighted by Gasteiger charge is 2.24. The van der Waals surface area contributed by atoms with Crippen LogP contribution in [0, 0.1) is 19.7 Å². The van der Waals surface area contributed by atoms with Gasteiger partial charge in [0, 0.05) is 18.1 Å². The van der Waals surface area contributed by atoms with E-state index in [1.54, 1.807) is 13.1 Å². The predicted molar refractivity (Wildman–Crippen MR) is 72.8 cm³/mol. The fraction of sp³-hybridized carbons (Fsp3) is 0.250. The number of aryl methyl sites for hydroxylation is 1. The molecule has 2 aromatic heterocycles. The Morgan fingerprint density at radius 3 is 2.70 bits per heavy atom. The highest BCUT2D eigenvalue weighted by Crippen LogP contribution is 2.23. The van der Waals surface area contributed by atoms with E-state index in [0.29, 0.717) is 0 Å². The number of anilines is 1. The lowest BCUT2D eigenvalue weighted by Gasteiger charge is -2.10. The molecule has 0 aliphatic carbocycles. The van der Waals surface area contributed by atoms with E-state index in [1.807, 2.05) is 0 Å². The van der Waals surface area contributed by atoms with Crippen LogP contribution in [0.15, 0.2) is 11.0 Å². The smallest absolute Gasteiger partial charge is 0.267 e. The first kappa shape index (κ1) is 14.2. The average molecular weight is 297 g/mol. The van der Waals surface area contributed by atoms with E-state index in [0.717, 1.165) is 9.44 Å². The van der Waals surface area contributed by atoms with Crippen molar-refractivity contribution in [3.63, 3.8) is 0 Å². The molecule has 0 saturated heterocycles. The van der Waals surface area contributed by atoms with Crippen molar-refractivity contribution in [1.82, 2.24) is 9.55 Å². The number of carbonyl (C=O) groups is 1. The van der Waals surface area contributed by atoms with Gasteiger partial charge in [-0.05, 0) is 13.8 Å². The van der Waals surface area contributed by atoms with Crippen molar-refractivity contribution in [3.05, 3.63) is 38.5 Å². The van der Waals surface area contributed by atoms with E-state index in [1.165, 1.54) is 25.3 Å². The highest BCUT2D eigenvalue weighted by atomic mass is 32.1. The van der Waals surface area contributed by atoms with Crippen molar-refractivity contribution < 1.29 is 14.3 Å². The summed E-state index contributed by atoms with van der Waals surface area (Å²) in [6.07, 6.45) is 1.55. The Kier molecular flexibility index (Phi) is 3.58. The molecule has 8 heteroatoms. The van der Waals surface area contributed by atoms with Crippen LogP contribution in [0.25, 0.3) is 0 Å². The molecule has 0 fully saturated rings. The lowest BCUT2D eigenvalue weighted by Crippen LogP contribution is -2.30. The minimum Gasteiger partial charge on any atom is -0.504 e. The van der Waals surface area contributed by atoms with E-state index in [2.05, 4.69) is 10.3 Å². The minimum atomic E-state index is -0.993. The quantitative estimate of drug-likeness (QED) is 0.881. The molecule has 20 heavy (non-hydrogen) atoms. The molecule has 2 N–H and O–H groups in total. The summed E-state index contributed by atoms with van der Waals surface area (Å²) in [5, 5.41) is 12.3. The van der Waals surface area contributed by atoms with Gasteiger partial charge in [-0.3, -0.25) is 14.9 Å². The number of rotatable bonds is 2. The number of pyridine rings is 1. The molecular formula is C12H12FN3O3S. The van der Waals surface area contributed by atoms with Crippen molar-refractivity contribution >= 4 is 22.4 Å². The number of nitrogens with one attached hydrogen (secondary N) is 1. The van der Waals surface area contributed by atoms with Gasteiger partial charge in [0.15, 0.2) is 16.7 Å². The van der Waals surface area contributed by atoms with Crippen LogP contribution in [0.3, 0.4) is 0 Å². The van der Waals surface area contributed by atoms with Crippen molar-refractivity contribution in [2.24, 2.45) is 7.05 Å². The Morgan fingerprint density at radius 1 is 1.50 bits per heavy atom. The predicted octanol–water partition coefficient (Wildman–Crippen LogP) is 1.56. The fourth-order valence-corrected chi connectivity index (χ4v) is 2.29. The van der Waals surface area contributed by atoms with Gasteiger partial charge in [0.05, 0.1) is 5.69 Å². The summed E-state index contributed by atoms with van der Waals surface area (Å²) in [7, 11) is 1.32. The molecule has 2 aromatic rings. The lowest BCUT2D eigenvalue weighted by molar-refractivity contribution is 0.102. The molecule has 0 atom stereocenters. The second kappa shape index (κ2) is 5.04. The maximum absolute atomic E-state index is 13.7. The number of hydrogen-bond acceptors (Lipinski definition) is 5. The maximum Gasteiger partial charge on any atom is 0.267 e. The number of nitrogens with zero attached hydrogens (tertiary/aromatic N) is 2. The first-order valence-corrected chi connectivity index (χ1v) is 6.46. The molecule has 0 saturated carbocycles. The zero-order valence-corrected chi connectivity index (χ0v) is 11.8. The van der Waals surface area contributed by atoms with Gasteiger partial charge in [-0.1, -0.05) is 0 Å². The van der Waals surface area contributed by atoms with E-state index >= 15 is 0 Å². The standard InChI is InChI=1S/C12H12FN3O3S/c1-5-4-14-12(20-5)15-10(18)7-9(17)8(13)6(2)16(3)11(7)19/h4,17H,1-3H3,(H,14,15,18). The molecular weight excluding hydrogens is 285 g/mol. The van der Waals surface area contributed by atoms with Crippen molar-refractivity contribution in [2.75, 3.05) is 5.32 Å². The first-order valence-electron chi connectivity index (χ1n) is 5.64. The molecule has 1 amide bonds. The van der Waals surface area contributed by atoms with Crippen molar-refractivity contribution in [2.45, 2.75) is 13.8 Å². The Balaban J connectivity index is 2.48. The van der Waals surface area contributed by atoms with Gasteiger partial charge >= 0.3 is 0 Å². The number of aromatic nitrogens is 2. The van der Waals surface area contributed by atoms with Gasteiger partial charge in [0.2, 0.25) is 0 Å². The SMILES string of the molecule is Cc1cnc(NC(=O)c2c(O)c(F)c(C)n(C)c2=O)s1. The molecule has 6 nitrogen and oxygen atoms in total. The number of halogens is 1. The molecule has 2 heterocycles. The summed E-state index contributed by atoms with van der Waals surface area (Å²) in [6.45, 7) is 3.14. The summed E-state index contributed by atoms with van der Waals surface area (Å²) >= 11 is 1.21. The molecule has 0 unspecified atom stereocenters. The number of aromatic hydroxyl groups is 1. The van der Waals surface area contributed by atoms with Crippen molar-refractivity contribution in [3.8, 4) is 5.75 Å². The third-order valence-electron chi connectivity index (χ3n) is 2.85. The highest BCUT2D eigenvalue weighted by molar-refractivity contribution is 7.15. The maximum atomic E-state index is 13.7. The Morgan fingerprint density at radius 2 is 2.15 bits per heavy atom. The van der Waals surface area contributed by atoms with Gasteiger partial charge in [0.25, 0.3) is 11.5 Å². The van der Waals surface area contributed by atoms with Crippen LogP contribution in [0.4, 0.5) is 9.52 Å². The number of carbonyl (C=O) groups excluding carboxylic acids is 1. The van der Waals surface area contributed by atoms with Crippen LogP contribution in [-0.4, -0.2) is 20.6 Å². The zero-order chi connectivity index (χ0) is 15.0. The van der Waals surface area contributed by atoms with Gasteiger partial charge in [-0.2, -0.15) is 0 Å². The molecule has 0 aliphatic rings. The molecule has 0 aliphatic heterocycles. The molecule has 0 radical (unpaired) electrons. The number of thiazole rings is 1. The van der Waals surface area contributed by atoms with Crippen molar-refractivity contribution in [1.29, 1.82) is 0 Å². The second-order valence-electron chi connectivity index (χ2n) is 4.22. The second-order valence-corrected chi connectivity index (χ2v) is 5.45. The van der Waals surface area contributed by atoms with Crippen LogP contribution in [0.1, 0.15) is 20.9 Å². The van der Waals surface area contributed by atoms with E-state index in [-0.39, 0.29) is 10.8 Å². The van der Waals surface area contributed by atoms with Crippen LogP contribution in [0.5, 0.6) is 5.75 Å². The summed E-state index contributed by atoms with van der Waals surface area (Å²) in [4.78, 5) is 28.7. The summed E-state index contributed by atoms with van der Waals surface area (Å²) in [6, 6.07) is 0. The third kappa shape index (κ3) is 2.29. The van der Waals surface area contributed by atoms with E-state index < -0.39 is 28.6 Å². The van der Waals surface area contributed by atoms with Crippen LogP contribution in [0.2, 0.25) is 0 Å². The molecule has 0 aromatic carbocycles. The van der Waals surface area contributed by atoms with Gasteiger partial charge in [-0.25, -0.2) is 9.37 Å². The summed E-state index contributed by atoms with van der Waals surface area (Å²) in [5.74, 6) is -2.83. The summed E-state index contributed by atoms with van der Waals surface area (Å²) < 4.78 is 14.7. The molecule has 106 valence electrons. The first-order chi connectivity index (χ1) is 9.32. The molecule has 0 bridgehead atoms. The monoisotopic (exact) mass is 297 g/mol. The van der Waals surface area contributed by atoms with Gasteiger partial charge < -0.3 is 9.67 Å². The Labute approximate surface area is 117 Å². The normalized spacial score (nSPS) is 10.6.